The number of nitrogens with zero attached hydrogens (tertiary/aromatic N) is 4. The number of rotatable bonds is 4. The van der Waals surface area contributed by atoms with Crippen molar-refractivity contribution in [3.05, 3.63) is 265 Å². The Bertz CT molecular complexity index is 5400. The Morgan fingerprint density at radius 3 is 0.703 bits per heavy atom. The van der Waals surface area contributed by atoms with Crippen molar-refractivity contribution >= 4 is 86.7 Å². The first kappa shape index (κ1) is 55.9. The van der Waals surface area contributed by atoms with Gasteiger partial charge in [-0.15, -0.1) is 22.1 Å². The Labute approximate surface area is 531 Å². The van der Waals surface area contributed by atoms with E-state index < -0.39 is 23.5 Å². The maximum absolute atomic E-state index is 14.8. The third-order valence-electron chi connectivity index (χ3n) is 18.1. The van der Waals surface area contributed by atoms with E-state index in [0.717, 1.165) is 123 Å². The first-order valence-corrected chi connectivity index (χ1v) is 29.6. The van der Waals surface area contributed by atoms with Crippen LogP contribution in [0, 0.1) is 13.8 Å². The van der Waals surface area contributed by atoms with Crippen LogP contribution in [0.15, 0.2) is 243 Å². The van der Waals surface area contributed by atoms with Crippen molar-refractivity contribution in [3.8, 4) is 89.5 Å². The molecule has 3 aliphatic rings. The summed E-state index contributed by atoms with van der Waals surface area (Å²) in [6, 6.07) is 76.3. The molecule has 0 saturated carbocycles. The van der Waals surface area contributed by atoms with E-state index in [0.29, 0.717) is 89.0 Å². The van der Waals surface area contributed by atoms with Gasteiger partial charge in [0, 0.05) is 22.3 Å². The average Bonchev–Trinajstić information content (AvgIpc) is 1.57. The quantitative estimate of drug-likeness (QED) is 0.165. The zero-order valence-electron chi connectivity index (χ0n) is 48.5. The molecule has 8 bridgehead atoms. The number of hydrogen-bond donors (Lipinski definition) is 0. The van der Waals surface area contributed by atoms with Gasteiger partial charge in [-0.05, 0) is 196 Å². The molecule has 0 N–H and O–H groups in total. The Morgan fingerprint density at radius 2 is 0.484 bits per heavy atom. The summed E-state index contributed by atoms with van der Waals surface area (Å²) in [7, 11) is 0. The van der Waals surface area contributed by atoms with Gasteiger partial charge in [-0.25, -0.2) is 9.97 Å². The molecule has 0 radical (unpaired) electrons. The number of hydrogen-bond acceptors (Lipinski definition) is 2. The van der Waals surface area contributed by atoms with Crippen LogP contribution in [-0.2, 0) is 33.4 Å². The second-order valence-corrected chi connectivity index (χ2v) is 23.6. The van der Waals surface area contributed by atoms with Crippen molar-refractivity contribution in [3.63, 3.8) is 0 Å². The van der Waals surface area contributed by atoms with Crippen molar-refractivity contribution in [2.45, 2.75) is 26.2 Å². The van der Waals surface area contributed by atoms with Crippen LogP contribution < -0.4 is 9.97 Å². The fraction of sp³-hybridized carbons (Fsp3) is 0.0500. The van der Waals surface area contributed by atoms with E-state index in [2.05, 4.69) is 121 Å². The summed E-state index contributed by atoms with van der Waals surface area (Å²) in [4.78, 5) is 23.7. The summed E-state index contributed by atoms with van der Waals surface area (Å²) in [6.45, 7) is 4.10. The van der Waals surface area contributed by atoms with Crippen LogP contribution in [-0.4, -0.2) is 9.97 Å². The molecule has 4 heterocycles. The van der Waals surface area contributed by atoms with Crippen LogP contribution in [0.1, 0.15) is 22.3 Å². The minimum Gasteiger partial charge on any atom is -0.656 e. The predicted molar refractivity (Wildman–Crippen MR) is 354 cm³/mol. The number of aromatic nitrogens is 4. The van der Waals surface area contributed by atoms with Crippen LogP contribution in [0.3, 0.4) is 0 Å². The number of alkyl halides is 6. The molecule has 1 aliphatic carbocycles. The number of fused-ring (bicyclic) bond motifs is 4. The SMILES string of the molecule is Cc1ccc(-c2c3nc(c(-c4ccc(C(F)(F)F)cc4)c4[n-]c(c(-c5ccc(C(F)(F)F)cc5)c5nc(c(-c6ccc(C)cc6)c6[n-]c2c2cc7ccccc7cc62)-c2cc6ccccc6cc2-5)c2cc5ccccc5cc42)-c2cc4ccccc4cc2-3)cc1.[Pt+2]. The molecule has 11 heteroatoms. The molecule has 0 unspecified atom stereocenters. The standard InChI is InChI=1S/C80H46F6N4.Pt/c1-43-19-23-45(24-20-43)67-71-59-35-49-11-3-4-12-50(49)36-60(59)72(87-71)68(46-25-21-44(2)22-26-46)74-62-38-52-14-6-8-16-54(52)40-64(62)76(89-74)70(48-29-33-58(34-30-48)80(84,85)86)78-66-42-56-18-10-9-17-55(56)41-65(66)77(90-78)69(47-27-31-57(32-28-47)79(81,82)83)75-63-39-53-15-7-5-13-51(53)37-61(63)73(67)88-75;/h3-42H,1-2H3;/q-2;+2. The topological polar surface area (TPSA) is 54.0 Å². The van der Waals surface area contributed by atoms with Gasteiger partial charge in [0.1, 0.15) is 0 Å². The molecule has 0 saturated heterocycles. The van der Waals surface area contributed by atoms with Gasteiger partial charge in [-0.3, -0.25) is 0 Å². The van der Waals surface area contributed by atoms with Crippen LogP contribution in [0.5, 0.6) is 0 Å². The predicted octanol–water partition coefficient (Wildman–Crippen LogP) is 22.5. The Morgan fingerprint density at radius 1 is 0.275 bits per heavy atom. The largest absolute Gasteiger partial charge is 2.00 e. The van der Waals surface area contributed by atoms with Crippen LogP contribution in [0.2, 0.25) is 0 Å². The van der Waals surface area contributed by atoms with Crippen molar-refractivity contribution in [1.82, 2.24) is 19.9 Å². The molecular weight excluding hydrogens is 1330 g/mol. The van der Waals surface area contributed by atoms with Gasteiger partial charge in [0.05, 0.1) is 33.9 Å². The van der Waals surface area contributed by atoms with Gasteiger partial charge in [0.2, 0.25) is 0 Å². The molecule has 2 aromatic heterocycles. The molecule has 0 atom stereocenters. The van der Waals surface area contributed by atoms with Crippen molar-refractivity contribution < 1.29 is 47.4 Å². The summed E-state index contributed by atoms with van der Waals surface area (Å²) in [5.74, 6) is 0. The fourth-order valence-corrected chi connectivity index (χ4v) is 13.6. The van der Waals surface area contributed by atoms with Crippen LogP contribution >= 0.6 is 0 Å². The smallest absolute Gasteiger partial charge is 0.656 e. The van der Waals surface area contributed by atoms with E-state index >= 15 is 0 Å². The van der Waals surface area contributed by atoms with Crippen LogP contribution in [0.25, 0.3) is 176 Å². The first-order chi connectivity index (χ1) is 43.7. The van der Waals surface area contributed by atoms with E-state index in [4.69, 9.17) is 19.9 Å². The van der Waals surface area contributed by atoms with Crippen LogP contribution in [0.4, 0.5) is 26.3 Å². The van der Waals surface area contributed by atoms with Crippen molar-refractivity contribution in [2.75, 3.05) is 0 Å². The second-order valence-electron chi connectivity index (χ2n) is 23.6. The molecule has 0 spiro atoms. The van der Waals surface area contributed by atoms with E-state index in [9.17, 15) is 26.3 Å². The Balaban J connectivity index is 0.00000661. The molecule has 91 heavy (non-hydrogen) atoms. The fourth-order valence-electron chi connectivity index (χ4n) is 13.6. The zero-order chi connectivity index (χ0) is 60.9. The summed E-state index contributed by atoms with van der Waals surface area (Å²) >= 11 is 0. The van der Waals surface area contributed by atoms with Gasteiger partial charge in [0.25, 0.3) is 0 Å². The van der Waals surface area contributed by atoms with Crippen molar-refractivity contribution in [2.24, 2.45) is 0 Å². The molecule has 17 rings (SSSR count). The van der Waals surface area contributed by atoms with Gasteiger partial charge >= 0.3 is 33.4 Å². The first-order valence-electron chi connectivity index (χ1n) is 29.6. The third-order valence-corrected chi connectivity index (χ3v) is 18.1. The summed E-state index contributed by atoms with van der Waals surface area (Å²) in [5.41, 5.74) is 12.4. The Kier molecular flexibility index (Phi) is 12.8. The minimum atomic E-state index is -4.66. The second kappa shape index (κ2) is 20.8. The van der Waals surface area contributed by atoms with E-state index in [1.807, 2.05) is 86.6 Å². The molecule has 438 valence electrons. The van der Waals surface area contributed by atoms with E-state index in [1.54, 1.807) is 0 Å². The number of aryl methyl sites for hydroxylation is 2. The summed E-state index contributed by atoms with van der Waals surface area (Å²) in [5, 5.41) is 10.4. The maximum atomic E-state index is 14.8. The number of benzene rings is 12. The molecule has 4 nitrogen and oxygen atoms in total. The minimum absolute atomic E-state index is 0. The number of halogens is 6. The van der Waals surface area contributed by atoms with E-state index in [-0.39, 0.29) is 21.1 Å². The third kappa shape index (κ3) is 9.09. The van der Waals surface area contributed by atoms with Gasteiger partial charge in [-0.1, -0.05) is 181 Å². The summed E-state index contributed by atoms with van der Waals surface area (Å²) in [6.07, 6.45) is -9.31. The van der Waals surface area contributed by atoms with Gasteiger partial charge < -0.3 is 9.97 Å². The molecule has 12 aromatic carbocycles. The molecule has 14 aromatic rings. The normalized spacial score (nSPS) is 12.3. The van der Waals surface area contributed by atoms with Crippen molar-refractivity contribution in [1.29, 1.82) is 0 Å². The molecular formula is C80H46F6N4Pt. The molecule has 0 fully saturated rings. The van der Waals surface area contributed by atoms with Gasteiger partial charge in [-0.2, -0.15) is 26.3 Å². The molecule has 0 amide bonds. The monoisotopic (exact) mass is 1370 g/mol. The summed E-state index contributed by atoms with van der Waals surface area (Å²) < 4.78 is 88.9. The Hall–Kier alpha value is -10.4. The van der Waals surface area contributed by atoms with E-state index in [1.165, 1.54) is 24.3 Å². The molecule has 2 aliphatic heterocycles. The zero-order valence-corrected chi connectivity index (χ0v) is 50.7. The average molecular weight is 1370 g/mol. The van der Waals surface area contributed by atoms with Gasteiger partial charge in [0.15, 0.2) is 0 Å². The maximum Gasteiger partial charge on any atom is 2.00 e.